The highest BCUT2D eigenvalue weighted by Crippen LogP contribution is 2.32. The molecule has 0 saturated carbocycles. The molecule has 2 aromatic carbocycles. The lowest BCUT2D eigenvalue weighted by atomic mass is 10.1. The smallest absolute Gasteiger partial charge is 0.339 e. The standard InChI is InChI=1S/C18H14N2O6/c1-24-13-6-3-11(4-7-13)18-19-14(10-17(21)26-18)12-5-8-16(25-2)15(9-12)20(22)23/h3-10H,1-2H3. The van der Waals surface area contributed by atoms with Crippen LogP contribution >= 0.6 is 0 Å². The first-order chi connectivity index (χ1) is 12.5. The second-order valence-electron chi connectivity index (χ2n) is 5.24. The topological polar surface area (TPSA) is 105 Å². The Morgan fingerprint density at radius 3 is 2.31 bits per heavy atom. The molecule has 1 heterocycles. The molecule has 0 bridgehead atoms. The van der Waals surface area contributed by atoms with E-state index in [0.717, 1.165) is 0 Å². The van der Waals surface area contributed by atoms with Crippen LogP contribution in [0, 0.1) is 10.1 Å². The van der Waals surface area contributed by atoms with Gasteiger partial charge < -0.3 is 13.9 Å². The van der Waals surface area contributed by atoms with E-state index < -0.39 is 10.5 Å². The van der Waals surface area contributed by atoms with E-state index in [2.05, 4.69) is 4.98 Å². The summed E-state index contributed by atoms with van der Waals surface area (Å²) in [4.78, 5) is 26.9. The fourth-order valence-electron chi connectivity index (χ4n) is 2.40. The number of hydrogen-bond donors (Lipinski definition) is 0. The zero-order valence-corrected chi connectivity index (χ0v) is 14.0. The summed E-state index contributed by atoms with van der Waals surface area (Å²) in [7, 11) is 2.89. The van der Waals surface area contributed by atoms with Crippen molar-refractivity contribution in [3.63, 3.8) is 0 Å². The normalized spacial score (nSPS) is 10.4. The van der Waals surface area contributed by atoms with Crippen molar-refractivity contribution in [2.75, 3.05) is 14.2 Å². The molecule has 3 aromatic rings. The third-order valence-electron chi connectivity index (χ3n) is 3.68. The highest BCUT2D eigenvalue weighted by atomic mass is 16.6. The van der Waals surface area contributed by atoms with Gasteiger partial charge in [0, 0.05) is 17.2 Å². The molecule has 0 N–H and O–H groups in total. The molecule has 0 aliphatic heterocycles. The molecule has 8 nitrogen and oxygen atoms in total. The van der Waals surface area contributed by atoms with Gasteiger partial charge in [-0.3, -0.25) is 10.1 Å². The molecule has 0 aliphatic rings. The summed E-state index contributed by atoms with van der Waals surface area (Å²) < 4.78 is 15.2. The maximum absolute atomic E-state index is 11.9. The lowest BCUT2D eigenvalue weighted by Crippen LogP contribution is -2.02. The van der Waals surface area contributed by atoms with Crippen LogP contribution in [0.3, 0.4) is 0 Å². The van der Waals surface area contributed by atoms with Gasteiger partial charge in [0.2, 0.25) is 5.89 Å². The minimum atomic E-state index is -0.612. The first kappa shape index (κ1) is 17.2. The van der Waals surface area contributed by atoms with Crippen LogP contribution in [0.5, 0.6) is 11.5 Å². The monoisotopic (exact) mass is 354 g/mol. The van der Waals surface area contributed by atoms with E-state index in [9.17, 15) is 14.9 Å². The van der Waals surface area contributed by atoms with Gasteiger partial charge in [-0.15, -0.1) is 0 Å². The molecule has 8 heteroatoms. The lowest BCUT2D eigenvalue weighted by Gasteiger charge is -2.06. The zero-order valence-electron chi connectivity index (χ0n) is 14.0. The second-order valence-corrected chi connectivity index (χ2v) is 5.24. The molecule has 1 aromatic heterocycles. The average Bonchev–Trinajstić information content (AvgIpc) is 2.67. The number of nitro groups is 1. The molecule has 0 radical (unpaired) electrons. The van der Waals surface area contributed by atoms with Gasteiger partial charge in [-0.1, -0.05) is 0 Å². The summed E-state index contributed by atoms with van der Waals surface area (Å²) >= 11 is 0. The fraction of sp³-hybridized carbons (Fsp3) is 0.111. The molecule has 0 aliphatic carbocycles. The average molecular weight is 354 g/mol. The molecular formula is C18H14N2O6. The molecule has 0 spiro atoms. The van der Waals surface area contributed by atoms with E-state index in [1.807, 2.05) is 0 Å². The van der Waals surface area contributed by atoms with Crippen molar-refractivity contribution in [3.8, 4) is 34.2 Å². The predicted molar refractivity (Wildman–Crippen MR) is 93.4 cm³/mol. The molecule has 26 heavy (non-hydrogen) atoms. The molecule has 0 amide bonds. The number of hydrogen-bond acceptors (Lipinski definition) is 7. The van der Waals surface area contributed by atoms with Crippen LogP contribution in [-0.4, -0.2) is 24.1 Å². The van der Waals surface area contributed by atoms with Crippen molar-refractivity contribution in [1.82, 2.24) is 4.98 Å². The third kappa shape index (κ3) is 3.39. The number of benzene rings is 2. The quantitative estimate of drug-likeness (QED) is 0.511. The van der Waals surface area contributed by atoms with Crippen LogP contribution in [0.1, 0.15) is 0 Å². The Morgan fingerprint density at radius 2 is 1.69 bits per heavy atom. The van der Waals surface area contributed by atoms with E-state index in [1.165, 1.54) is 25.3 Å². The fourth-order valence-corrected chi connectivity index (χ4v) is 2.40. The van der Waals surface area contributed by atoms with Crippen molar-refractivity contribution >= 4 is 5.69 Å². The van der Waals surface area contributed by atoms with Crippen molar-refractivity contribution in [3.05, 3.63) is 69.1 Å². The van der Waals surface area contributed by atoms with Crippen molar-refractivity contribution in [2.45, 2.75) is 0 Å². The summed E-state index contributed by atoms with van der Waals surface area (Å²) in [5.74, 6) is 0.878. The van der Waals surface area contributed by atoms with Crippen molar-refractivity contribution in [1.29, 1.82) is 0 Å². The van der Waals surface area contributed by atoms with Crippen LogP contribution in [0.2, 0.25) is 0 Å². The highest BCUT2D eigenvalue weighted by Gasteiger charge is 2.17. The summed E-state index contributed by atoms with van der Waals surface area (Å²) in [6.45, 7) is 0. The first-order valence-electron chi connectivity index (χ1n) is 7.51. The predicted octanol–water partition coefficient (Wildman–Crippen LogP) is 3.29. The Balaban J connectivity index is 2.09. The van der Waals surface area contributed by atoms with E-state index in [-0.39, 0.29) is 23.0 Å². The molecular weight excluding hydrogens is 340 g/mol. The lowest BCUT2D eigenvalue weighted by molar-refractivity contribution is -0.385. The molecule has 0 atom stereocenters. The summed E-state index contributed by atoms with van der Waals surface area (Å²) in [6, 6.07) is 12.3. The van der Waals surface area contributed by atoms with Crippen molar-refractivity contribution in [2.24, 2.45) is 0 Å². The number of nitrogens with zero attached hydrogens (tertiary/aromatic N) is 2. The minimum absolute atomic E-state index is 0.105. The number of methoxy groups -OCH3 is 2. The number of rotatable bonds is 5. The summed E-state index contributed by atoms with van der Waals surface area (Å²) in [6.07, 6.45) is 0. The maximum atomic E-state index is 11.9. The van der Waals surface area contributed by atoms with Gasteiger partial charge in [-0.25, -0.2) is 9.78 Å². The van der Waals surface area contributed by atoms with Crippen LogP contribution in [0.15, 0.2) is 57.7 Å². The van der Waals surface area contributed by atoms with E-state index in [4.69, 9.17) is 13.9 Å². The van der Waals surface area contributed by atoms with Gasteiger partial charge in [0.25, 0.3) is 0 Å². The maximum Gasteiger partial charge on any atom is 0.339 e. The van der Waals surface area contributed by atoms with E-state index in [1.54, 1.807) is 37.4 Å². The Hall–Kier alpha value is -3.68. The van der Waals surface area contributed by atoms with Gasteiger partial charge in [0.1, 0.15) is 5.75 Å². The second kappa shape index (κ2) is 7.06. The number of ether oxygens (including phenoxy) is 2. The van der Waals surface area contributed by atoms with E-state index >= 15 is 0 Å². The van der Waals surface area contributed by atoms with Crippen LogP contribution in [0.4, 0.5) is 5.69 Å². The molecule has 132 valence electrons. The molecule has 0 fully saturated rings. The number of aromatic nitrogens is 1. The SMILES string of the molecule is COc1ccc(-c2nc(-c3ccc(OC)c([N+](=O)[O-])c3)cc(=O)o2)cc1. The van der Waals surface area contributed by atoms with Crippen molar-refractivity contribution < 1.29 is 18.8 Å². The molecule has 3 rings (SSSR count). The first-order valence-corrected chi connectivity index (χ1v) is 7.51. The Kier molecular flexibility index (Phi) is 4.66. The molecule has 0 saturated heterocycles. The number of nitro benzene ring substituents is 1. The Morgan fingerprint density at radius 1 is 1.00 bits per heavy atom. The summed E-state index contributed by atoms with van der Waals surface area (Å²) in [5, 5.41) is 11.2. The third-order valence-corrected chi connectivity index (χ3v) is 3.68. The largest absolute Gasteiger partial charge is 0.497 e. The van der Waals surface area contributed by atoms with Crippen LogP contribution < -0.4 is 15.1 Å². The van der Waals surface area contributed by atoms with Crippen LogP contribution in [0.25, 0.3) is 22.7 Å². The minimum Gasteiger partial charge on any atom is -0.497 e. The van der Waals surface area contributed by atoms with Gasteiger partial charge >= 0.3 is 11.3 Å². The summed E-state index contributed by atoms with van der Waals surface area (Å²) in [5.41, 5.74) is 0.413. The Bertz CT molecular complexity index is 1010. The Labute approximate surface area is 147 Å². The van der Waals surface area contributed by atoms with Gasteiger partial charge in [0.05, 0.1) is 30.9 Å². The van der Waals surface area contributed by atoms with Crippen LogP contribution in [-0.2, 0) is 0 Å². The van der Waals surface area contributed by atoms with Gasteiger partial charge in [-0.2, -0.15) is 0 Å². The van der Waals surface area contributed by atoms with Gasteiger partial charge in [-0.05, 0) is 36.4 Å². The molecule has 0 unspecified atom stereocenters. The van der Waals surface area contributed by atoms with E-state index in [0.29, 0.717) is 16.9 Å². The van der Waals surface area contributed by atoms with Gasteiger partial charge in [0.15, 0.2) is 5.75 Å². The highest BCUT2D eigenvalue weighted by molar-refractivity contribution is 5.67. The zero-order chi connectivity index (χ0) is 18.7.